The molecule has 0 fully saturated rings. The van der Waals surface area contributed by atoms with Gasteiger partial charge in [0.2, 0.25) is 0 Å². The molecule has 0 aromatic heterocycles. The Morgan fingerprint density at radius 3 is 3.27 bits per heavy atom. The highest BCUT2D eigenvalue weighted by Crippen LogP contribution is 2.21. The minimum absolute atomic E-state index is 0.750. The van der Waals surface area contributed by atoms with E-state index < -0.39 is 0 Å². The average Bonchev–Trinajstić information content (AvgIpc) is 2.04. The third-order valence-corrected chi connectivity index (χ3v) is 1.88. The average molecular weight is 167 g/mol. The quantitative estimate of drug-likeness (QED) is 0.623. The second-order valence-corrected chi connectivity index (χ2v) is 2.85. The SMILES string of the molecule is Clc1ccc2c(c1)NC=[N+]C2. The molecule has 0 bridgehead atoms. The molecule has 11 heavy (non-hydrogen) atoms. The van der Waals surface area contributed by atoms with Gasteiger partial charge in [-0.3, -0.25) is 0 Å². The summed E-state index contributed by atoms with van der Waals surface area (Å²) < 4.78 is 0. The number of aliphatic imine (C=N–C) groups is 1. The first-order valence-corrected chi connectivity index (χ1v) is 3.77. The van der Waals surface area contributed by atoms with Crippen LogP contribution in [0.5, 0.6) is 0 Å². The smallest absolute Gasteiger partial charge is 0.244 e. The van der Waals surface area contributed by atoms with E-state index in [1.807, 2.05) is 18.2 Å². The van der Waals surface area contributed by atoms with Crippen molar-refractivity contribution in [3.63, 3.8) is 0 Å². The Kier molecular flexibility index (Phi) is 1.55. The molecule has 0 atom stereocenters. The van der Waals surface area contributed by atoms with Crippen molar-refractivity contribution in [3.05, 3.63) is 28.8 Å². The largest absolute Gasteiger partial charge is 0.278 e. The van der Waals surface area contributed by atoms with Crippen LogP contribution < -0.4 is 10.3 Å². The van der Waals surface area contributed by atoms with Crippen molar-refractivity contribution in [2.75, 3.05) is 5.32 Å². The lowest BCUT2D eigenvalue weighted by Crippen LogP contribution is -2.11. The molecule has 1 aliphatic rings. The number of anilines is 1. The van der Waals surface area contributed by atoms with E-state index in [0.29, 0.717) is 0 Å². The van der Waals surface area contributed by atoms with Crippen LogP contribution in [0.25, 0.3) is 0 Å². The number of hydrogen-bond acceptors (Lipinski definition) is 2. The van der Waals surface area contributed by atoms with Gasteiger partial charge < -0.3 is 0 Å². The first-order chi connectivity index (χ1) is 5.36. The summed E-state index contributed by atoms with van der Waals surface area (Å²) in [4.78, 5) is 4.07. The second-order valence-electron chi connectivity index (χ2n) is 2.42. The predicted octanol–water partition coefficient (Wildman–Crippen LogP) is 1.63. The van der Waals surface area contributed by atoms with Crippen LogP contribution in [-0.2, 0) is 6.54 Å². The van der Waals surface area contributed by atoms with Crippen LogP contribution in [-0.4, -0.2) is 6.34 Å². The van der Waals surface area contributed by atoms with Crippen LogP contribution in [0.1, 0.15) is 5.56 Å². The van der Waals surface area contributed by atoms with Crippen molar-refractivity contribution in [1.82, 2.24) is 4.99 Å². The Labute approximate surface area is 69.9 Å². The van der Waals surface area contributed by atoms with Crippen molar-refractivity contribution in [3.8, 4) is 0 Å². The monoisotopic (exact) mass is 166 g/mol. The molecule has 0 saturated heterocycles. The van der Waals surface area contributed by atoms with Crippen LogP contribution in [0, 0.1) is 0 Å². The summed E-state index contributed by atoms with van der Waals surface area (Å²) in [6.07, 6.45) is 1.69. The minimum atomic E-state index is 0.750. The summed E-state index contributed by atoms with van der Waals surface area (Å²) in [7, 11) is 0. The Bertz CT molecular complexity index is 307. The third-order valence-electron chi connectivity index (χ3n) is 1.64. The standard InChI is InChI=1S/C8H7ClN2/c9-7-2-1-6-4-10-5-11-8(6)3-7/h1-3,5,11H,4H2/q+1. The molecular weight excluding hydrogens is 160 g/mol. The van der Waals surface area contributed by atoms with E-state index in [2.05, 4.69) is 10.3 Å². The van der Waals surface area contributed by atoms with Crippen molar-refractivity contribution in [2.45, 2.75) is 6.54 Å². The van der Waals surface area contributed by atoms with E-state index in [1.165, 1.54) is 5.56 Å². The van der Waals surface area contributed by atoms with Gasteiger partial charge in [-0.15, -0.1) is 0 Å². The van der Waals surface area contributed by atoms with Gasteiger partial charge in [0.25, 0.3) is 6.34 Å². The zero-order chi connectivity index (χ0) is 7.68. The normalized spacial score (nSPS) is 13.9. The first-order valence-electron chi connectivity index (χ1n) is 3.39. The fraction of sp³-hybridized carbons (Fsp3) is 0.125. The number of fused-ring (bicyclic) bond motifs is 1. The topological polar surface area (TPSA) is 26.1 Å². The van der Waals surface area contributed by atoms with Gasteiger partial charge in [-0.05, 0) is 12.1 Å². The summed E-state index contributed by atoms with van der Waals surface area (Å²) in [5.41, 5.74) is 2.25. The minimum Gasteiger partial charge on any atom is -0.244 e. The fourth-order valence-corrected chi connectivity index (χ4v) is 1.25. The van der Waals surface area contributed by atoms with E-state index in [9.17, 15) is 0 Å². The number of benzene rings is 1. The summed E-state index contributed by atoms with van der Waals surface area (Å²) in [5, 5.41) is 3.78. The van der Waals surface area contributed by atoms with Gasteiger partial charge >= 0.3 is 0 Å². The van der Waals surface area contributed by atoms with Gasteiger partial charge in [0.05, 0.1) is 0 Å². The highest BCUT2D eigenvalue weighted by Gasteiger charge is 2.11. The van der Waals surface area contributed by atoms with Crippen LogP contribution in [0.15, 0.2) is 18.2 Å². The lowest BCUT2D eigenvalue weighted by atomic mass is 10.1. The van der Waals surface area contributed by atoms with E-state index in [-0.39, 0.29) is 0 Å². The van der Waals surface area contributed by atoms with Crippen LogP contribution in [0.3, 0.4) is 0 Å². The lowest BCUT2D eigenvalue weighted by Gasteiger charge is -2.03. The van der Waals surface area contributed by atoms with Gasteiger partial charge in [0, 0.05) is 16.7 Å². The molecule has 1 N–H and O–H groups in total. The number of halogens is 1. The molecule has 55 valence electrons. The third kappa shape index (κ3) is 1.21. The number of rotatable bonds is 0. The van der Waals surface area contributed by atoms with Crippen molar-refractivity contribution in [1.29, 1.82) is 0 Å². The summed E-state index contributed by atoms with van der Waals surface area (Å²) in [5.74, 6) is 0. The Morgan fingerprint density at radius 2 is 2.36 bits per heavy atom. The zero-order valence-electron chi connectivity index (χ0n) is 5.84. The van der Waals surface area contributed by atoms with E-state index in [1.54, 1.807) is 6.34 Å². The van der Waals surface area contributed by atoms with Crippen molar-refractivity contribution in [2.24, 2.45) is 0 Å². The maximum Gasteiger partial charge on any atom is 0.278 e. The molecule has 2 rings (SSSR count). The first kappa shape index (κ1) is 6.68. The van der Waals surface area contributed by atoms with Gasteiger partial charge in [0.1, 0.15) is 5.69 Å². The van der Waals surface area contributed by atoms with Gasteiger partial charge in [-0.2, -0.15) is 0 Å². The molecule has 1 aromatic carbocycles. The van der Waals surface area contributed by atoms with Gasteiger partial charge in [-0.1, -0.05) is 16.6 Å². The number of nitrogens with one attached hydrogen (secondary N) is 1. The molecular formula is C8H7ClN2+. The van der Waals surface area contributed by atoms with Crippen LogP contribution in [0.4, 0.5) is 5.69 Å². The molecule has 0 aliphatic carbocycles. The van der Waals surface area contributed by atoms with E-state index >= 15 is 0 Å². The molecule has 0 spiro atoms. The van der Waals surface area contributed by atoms with Crippen LogP contribution >= 0.6 is 11.6 Å². The lowest BCUT2D eigenvalue weighted by molar-refractivity contribution is 0.959. The summed E-state index contributed by atoms with van der Waals surface area (Å²) in [6, 6.07) is 5.77. The van der Waals surface area contributed by atoms with Crippen LogP contribution in [0.2, 0.25) is 5.02 Å². The molecule has 1 heterocycles. The summed E-state index contributed by atoms with van der Waals surface area (Å²) in [6.45, 7) is 0.750. The number of hydrogen-bond donors (Lipinski definition) is 1. The Hall–Kier alpha value is -1.02. The fourth-order valence-electron chi connectivity index (χ4n) is 1.08. The highest BCUT2D eigenvalue weighted by molar-refractivity contribution is 6.30. The molecule has 3 heteroatoms. The van der Waals surface area contributed by atoms with Gasteiger partial charge in [-0.25, -0.2) is 5.32 Å². The molecule has 0 saturated carbocycles. The molecule has 1 aromatic rings. The maximum atomic E-state index is 5.79. The predicted molar refractivity (Wildman–Crippen MR) is 47.0 cm³/mol. The van der Waals surface area contributed by atoms with Crippen molar-refractivity contribution >= 4 is 23.6 Å². The van der Waals surface area contributed by atoms with E-state index in [4.69, 9.17) is 11.6 Å². The number of nitrogens with zero attached hydrogens (tertiary/aromatic N) is 1. The molecule has 1 aliphatic heterocycles. The second kappa shape index (κ2) is 2.55. The molecule has 1 radical (unpaired) electrons. The zero-order valence-corrected chi connectivity index (χ0v) is 6.60. The highest BCUT2D eigenvalue weighted by atomic mass is 35.5. The Morgan fingerprint density at radius 1 is 1.45 bits per heavy atom. The maximum absolute atomic E-state index is 5.79. The molecule has 0 amide bonds. The summed E-state index contributed by atoms with van der Waals surface area (Å²) >= 11 is 5.79. The van der Waals surface area contributed by atoms with Gasteiger partial charge in [0.15, 0.2) is 6.54 Å². The Balaban J connectivity index is 2.48. The van der Waals surface area contributed by atoms with E-state index in [0.717, 1.165) is 17.3 Å². The molecule has 0 unspecified atom stereocenters. The van der Waals surface area contributed by atoms with Crippen molar-refractivity contribution < 1.29 is 0 Å². The molecule has 2 nitrogen and oxygen atoms in total.